The highest BCUT2D eigenvalue weighted by atomic mass is 32.2. The number of hydrogen-bond donors (Lipinski definition) is 1. The average Bonchev–Trinajstić information content (AvgIpc) is 2.82. The first-order valence-corrected chi connectivity index (χ1v) is 14.6. The zero-order valence-corrected chi connectivity index (χ0v) is 24.9. The maximum Gasteiger partial charge on any atom is 0.327 e. The molecule has 37 heavy (non-hydrogen) atoms. The van der Waals surface area contributed by atoms with E-state index in [0.29, 0.717) is 0 Å². The lowest BCUT2D eigenvalue weighted by Gasteiger charge is -2.26. The number of nitrogens with one attached hydrogen (secondary N) is 1. The van der Waals surface area contributed by atoms with Gasteiger partial charge in [0.1, 0.15) is 5.54 Å². The largest absolute Gasteiger partial charge is 0.468 e. The van der Waals surface area contributed by atoms with E-state index in [1.807, 2.05) is 19.9 Å². The topological polar surface area (TPSA) is 72.5 Å². The smallest absolute Gasteiger partial charge is 0.327 e. The minimum atomic E-state index is -3.89. The number of sulfonamides is 1. The van der Waals surface area contributed by atoms with E-state index < -0.39 is 21.5 Å². The number of hydrogen-bond acceptors (Lipinski definition) is 4. The highest BCUT2D eigenvalue weighted by molar-refractivity contribution is 7.89. The Morgan fingerprint density at radius 3 is 1.76 bits per heavy atom. The molecule has 1 aromatic carbocycles. The van der Waals surface area contributed by atoms with Gasteiger partial charge in [-0.25, -0.2) is 8.42 Å². The molecule has 0 amide bonds. The SMILES string of the molecule is COC(=O)C(C)(C/C=C(\C)CC/C=C(\C)CC/C=C(\C)CCC=C(C)C)NS(=O)(=O)c1ccc(C)cc1. The van der Waals surface area contributed by atoms with Crippen molar-refractivity contribution in [3.63, 3.8) is 0 Å². The Hall–Kier alpha value is -2.44. The van der Waals surface area contributed by atoms with Gasteiger partial charge in [-0.05, 0) is 106 Å². The lowest BCUT2D eigenvalue weighted by atomic mass is 9.97. The Balaban J connectivity index is 2.69. The monoisotopic (exact) mass is 529 g/mol. The van der Waals surface area contributed by atoms with Crippen LogP contribution in [-0.2, 0) is 19.6 Å². The Morgan fingerprint density at radius 1 is 0.838 bits per heavy atom. The van der Waals surface area contributed by atoms with Crippen LogP contribution in [0.5, 0.6) is 0 Å². The third-order valence-corrected chi connectivity index (χ3v) is 7.95. The number of aryl methyl sites for hydroxylation is 1. The van der Waals surface area contributed by atoms with E-state index in [2.05, 4.69) is 50.6 Å². The summed E-state index contributed by atoms with van der Waals surface area (Å²) < 4.78 is 33.4. The molecule has 1 aromatic rings. The second kappa shape index (κ2) is 15.7. The standard InChI is InChI=1S/C31H47NO4S/c1-24(2)12-9-13-25(3)14-10-15-26(4)16-11-17-27(5)22-23-31(7,30(33)36-8)32-37(34,35)29-20-18-28(6)19-21-29/h12,14,16,18-22,32H,9-11,13,15,17,23H2,1-8H3/b25-14+,26-16+,27-22+. The van der Waals surface area contributed by atoms with Crippen LogP contribution in [0.25, 0.3) is 0 Å². The first-order chi connectivity index (χ1) is 17.3. The summed E-state index contributed by atoms with van der Waals surface area (Å²) >= 11 is 0. The van der Waals surface area contributed by atoms with E-state index in [-0.39, 0.29) is 11.3 Å². The van der Waals surface area contributed by atoms with Crippen molar-refractivity contribution in [1.29, 1.82) is 0 Å². The van der Waals surface area contributed by atoms with Crippen molar-refractivity contribution in [2.75, 3.05) is 7.11 Å². The molecule has 0 aliphatic carbocycles. The van der Waals surface area contributed by atoms with Gasteiger partial charge in [-0.3, -0.25) is 4.79 Å². The molecule has 6 heteroatoms. The van der Waals surface area contributed by atoms with Crippen LogP contribution < -0.4 is 4.72 Å². The van der Waals surface area contributed by atoms with Crippen LogP contribution in [0.1, 0.15) is 92.1 Å². The lowest BCUT2D eigenvalue weighted by Crippen LogP contribution is -2.52. The summed E-state index contributed by atoms with van der Waals surface area (Å²) in [6.07, 6.45) is 15.1. The number of rotatable bonds is 15. The van der Waals surface area contributed by atoms with Gasteiger partial charge >= 0.3 is 5.97 Å². The molecule has 0 aromatic heterocycles. The van der Waals surface area contributed by atoms with Crippen molar-refractivity contribution < 1.29 is 17.9 Å². The molecular weight excluding hydrogens is 482 g/mol. The molecule has 1 rings (SSSR count). The van der Waals surface area contributed by atoms with Gasteiger partial charge in [-0.1, -0.05) is 64.3 Å². The summed E-state index contributed by atoms with van der Waals surface area (Å²) in [6.45, 7) is 14.1. The predicted molar refractivity (Wildman–Crippen MR) is 155 cm³/mol. The summed E-state index contributed by atoms with van der Waals surface area (Å²) in [6, 6.07) is 6.53. The number of ether oxygens (including phenoxy) is 1. The third-order valence-electron chi connectivity index (χ3n) is 6.34. The van der Waals surface area contributed by atoms with Crippen LogP contribution in [0.2, 0.25) is 0 Å². The van der Waals surface area contributed by atoms with E-state index in [1.54, 1.807) is 19.1 Å². The first kappa shape index (κ1) is 32.6. The van der Waals surface area contributed by atoms with E-state index >= 15 is 0 Å². The molecule has 0 saturated heterocycles. The summed E-state index contributed by atoms with van der Waals surface area (Å²) in [5.74, 6) is -0.618. The van der Waals surface area contributed by atoms with Crippen molar-refractivity contribution >= 4 is 16.0 Å². The number of carbonyl (C=O) groups is 1. The van der Waals surface area contributed by atoms with Gasteiger partial charge in [0.15, 0.2) is 0 Å². The zero-order valence-electron chi connectivity index (χ0n) is 24.1. The Kier molecular flexibility index (Phi) is 13.9. The number of carbonyl (C=O) groups excluding carboxylic acids is 1. The fraction of sp³-hybridized carbons (Fsp3) is 0.516. The molecule has 5 nitrogen and oxygen atoms in total. The predicted octanol–water partition coefficient (Wildman–Crippen LogP) is 7.74. The quantitative estimate of drug-likeness (QED) is 0.186. The number of methoxy groups -OCH3 is 1. The Bertz CT molecular complexity index is 1100. The minimum Gasteiger partial charge on any atom is -0.468 e. The second-order valence-corrected chi connectivity index (χ2v) is 12.2. The van der Waals surface area contributed by atoms with Gasteiger partial charge in [-0.15, -0.1) is 0 Å². The molecule has 0 aliphatic heterocycles. The van der Waals surface area contributed by atoms with E-state index in [1.165, 1.54) is 36.0 Å². The van der Waals surface area contributed by atoms with Crippen LogP contribution in [0, 0.1) is 6.92 Å². The maximum absolute atomic E-state index is 12.9. The van der Waals surface area contributed by atoms with E-state index in [0.717, 1.165) is 49.7 Å². The Labute approximate surface area is 225 Å². The molecule has 0 fully saturated rings. The van der Waals surface area contributed by atoms with Gasteiger partial charge in [0.25, 0.3) is 0 Å². The van der Waals surface area contributed by atoms with Crippen molar-refractivity contribution in [1.82, 2.24) is 4.72 Å². The minimum absolute atomic E-state index is 0.118. The molecule has 0 aliphatic rings. The fourth-order valence-corrected chi connectivity index (χ4v) is 5.20. The molecule has 206 valence electrons. The van der Waals surface area contributed by atoms with Gasteiger partial charge in [0.2, 0.25) is 10.0 Å². The number of esters is 1. The van der Waals surface area contributed by atoms with Gasteiger partial charge in [-0.2, -0.15) is 4.72 Å². The van der Waals surface area contributed by atoms with Crippen LogP contribution in [0.15, 0.2) is 75.8 Å². The molecule has 1 atom stereocenters. The zero-order chi connectivity index (χ0) is 28.1. The Morgan fingerprint density at radius 2 is 1.30 bits per heavy atom. The molecule has 1 unspecified atom stereocenters. The lowest BCUT2D eigenvalue weighted by molar-refractivity contribution is -0.146. The molecule has 0 spiro atoms. The van der Waals surface area contributed by atoms with Crippen molar-refractivity contribution in [2.45, 2.75) is 104 Å². The summed E-state index contributed by atoms with van der Waals surface area (Å²) in [4.78, 5) is 12.7. The van der Waals surface area contributed by atoms with Crippen LogP contribution in [-0.4, -0.2) is 27.0 Å². The number of benzene rings is 1. The highest BCUT2D eigenvalue weighted by Gasteiger charge is 2.38. The molecule has 0 radical (unpaired) electrons. The third kappa shape index (κ3) is 12.6. The first-order valence-electron chi connectivity index (χ1n) is 13.1. The van der Waals surface area contributed by atoms with Crippen LogP contribution in [0.3, 0.4) is 0 Å². The highest BCUT2D eigenvalue weighted by Crippen LogP contribution is 2.21. The van der Waals surface area contributed by atoms with Crippen LogP contribution in [0.4, 0.5) is 0 Å². The molecule has 0 heterocycles. The van der Waals surface area contributed by atoms with Gasteiger partial charge in [0, 0.05) is 0 Å². The van der Waals surface area contributed by atoms with Crippen LogP contribution >= 0.6 is 0 Å². The van der Waals surface area contributed by atoms with E-state index in [9.17, 15) is 13.2 Å². The van der Waals surface area contributed by atoms with Gasteiger partial charge < -0.3 is 4.74 Å². The summed E-state index contributed by atoms with van der Waals surface area (Å²) in [5, 5.41) is 0. The summed E-state index contributed by atoms with van der Waals surface area (Å²) in [7, 11) is -2.62. The second-order valence-electron chi connectivity index (χ2n) is 10.5. The van der Waals surface area contributed by atoms with Crippen molar-refractivity contribution in [3.8, 4) is 0 Å². The van der Waals surface area contributed by atoms with Crippen molar-refractivity contribution in [3.05, 3.63) is 76.4 Å². The molecule has 0 saturated carbocycles. The number of allylic oxidation sites excluding steroid dienone is 7. The van der Waals surface area contributed by atoms with Crippen molar-refractivity contribution in [2.24, 2.45) is 0 Å². The van der Waals surface area contributed by atoms with Gasteiger partial charge in [0.05, 0.1) is 12.0 Å². The maximum atomic E-state index is 12.9. The molecule has 1 N–H and O–H groups in total. The molecule has 0 bridgehead atoms. The fourth-order valence-electron chi connectivity index (χ4n) is 3.83. The molecular formula is C31H47NO4S. The average molecular weight is 530 g/mol. The normalized spacial score (nSPS) is 14.8. The van der Waals surface area contributed by atoms with E-state index in [4.69, 9.17) is 4.74 Å². The summed E-state index contributed by atoms with van der Waals surface area (Å²) in [5.41, 5.74) is 4.83.